The van der Waals surface area contributed by atoms with E-state index < -0.39 is 6.04 Å². The van der Waals surface area contributed by atoms with Gasteiger partial charge in [0.1, 0.15) is 11.8 Å². The molecule has 3 aromatic carbocycles. The lowest BCUT2D eigenvalue weighted by Crippen LogP contribution is -2.53. The van der Waals surface area contributed by atoms with Crippen LogP contribution in [0.5, 0.6) is 5.75 Å². The molecule has 0 spiro atoms. The number of hydrogen-bond donors (Lipinski definition) is 1. The third-order valence-corrected chi connectivity index (χ3v) is 7.05. The normalized spacial score (nSPS) is 14.5. The van der Waals surface area contributed by atoms with Gasteiger partial charge in [0, 0.05) is 24.0 Å². The average Bonchev–Trinajstić information content (AvgIpc) is 2.90. The third-order valence-electron chi connectivity index (χ3n) is 6.82. The maximum absolute atomic E-state index is 13.8. The van der Waals surface area contributed by atoms with E-state index in [1.54, 1.807) is 29.2 Å². The van der Waals surface area contributed by atoms with Gasteiger partial charge in [0.2, 0.25) is 5.91 Å². The van der Waals surface area contributed by atoms with Crippen molar-refractivity contribution in [2.24, 2.45) is 0 Å². The molecule has 6 heteroatoms. The van der Waals surface area contributed by atoms with Crippen LogP contribution in [0.2, 0.25) is 5.02 Å². The molecule has 0 bridgehead atoms. The van der Waals surface area contributed by atoms with Crippen LogP contribution >= 0.6 is 11.6 Å². The summed E-state index contributed by atoms with van der Waals surface area (Å²) >= 11 is 6.09. The molecule has 37 heavy (non-hydrogen) atoms. The van der Waals surface area contributed by atoms with E-state index in [9.17, 15) is 9.59 Å². The monoisotopic (exact) mass is 518 g/mol. The zero-order valence-corrected chi connectivity index (χ0v) is 22.1. The van der Waals surface area contributed by atoms with Crippen LogP contribution in [0.25, 0.3) is 0 Å². The van der Waals surface area contributed by atoms with Crippen LogP contribution in [0, 0.1) is 6.92 Å². The lowest BCUT2D eigenvalue weighted by atomic mass is 9.94. The van der Waals surface area contributed by atoms with Crippen molar-refractivity contribution in [1.82, 2.24) is 10.2 Å². The first-order valence-corrected chi connectivity index (χ1v) is 13.4. The molecule has 0 unspecified atom stereocenters. The maximum Gasteiger partial charge on any atom is 0.261 e. The number of carbonyl (C=O) groups excluding carboxylic acids is 2. The molecule has 1 saturated carbocycles. The van der Waals surface area contributed by atoms with Gasteiger partial charge < -0.3 is 15.0 Å². The summed E-state index contributed by atoms with van der Waals surface area (Å²) in [6, 6.07) is 24.4. The minimum Gasteiger partial charge on any atom is -0.484 e. The van der Waals surface area contributed by atoms with Crippen LogP contribution in [-0.2, 0) is 22.6 Å². The SMILES string of the molecule is Cc1cccc(CN(C(=O)COc2cccc(Cl)c2)[C@H](Cc2ccccc2)C(=O)NC2CCCCC2)c1. The predicted molar refractivity (Wildman–Crippen MR) is 148 cm³/mol. The van der Waals surface area contributed by atoms with Crippen molar-refractivity contribution in [3.8, 4) is 5.75 Å². The van der Waals surface area contributed by atoms with Gasteiger partial charge in [-0.25, -0.2) is 0 Å². The first-order chi connectivity index (χ1) is 18.0. The lowest BCUT2D eigenvalue weighted by Gasteiger charge is -2.33. The Bertz CT molecular complexity index is 1180. The summed E-state index contributed by atoms with van der Waals surface area (Å²) < 4.78 is 5.81. The second-order valence-electron chi connectivity index (χ2n) is 9.81. The molecule has 1 atom stereocenters. The van der Waals surface area contributed by atoms with Crippen molar-refractivity contribution in [1.29, 1.82) is 0 Å². The highest BCUT2D eigenvalue weighted by molar-refractivity contribution is 6.30. The number of carbonyl (C=O) groups is 2. The molecule has 0 saturated heterocycles. The molecular formula is C31H35ClN2O3. The van der Waals surface area contributed by atoms with Crippen molar-refractivity contribution in [3.63, 3.8) is 0 Å². The first kappa shape index (κ1) is 26.7. The van der Waals surface area contributed by atoms with Crippen LogP contribution in [-0.4, -0.2) is 35.4 Å². The summed E-state index contributed by atoms with van der Waals surface area (Å²) in [6.07, 6.45) is 5.83. The highest BCUT2D eigenvalue weighted by Crippen LogP contribution is 2.21. The Morgan fingerprint density at radius 1 is 0.946 bits per heavy atom. The van der Waals surface area contributed by atoms with Gasteiger partial charge in [-0.05, 0) is 49.1 Å². The zero-order valence-electron chi connectivity index (χ0n) is 21.4. The maximum atomic E-state index is 13.8. The summed E-state index contributed by atoms with van der Waals surface area (Å²) in [5.41, 5.74) is 3.08. The van der Waals surface area contributed by atoms with Crippen LogP contribution in [0.15, 0.2) is 78.9 Å². The van der Waals surface area contributed by atoms with Gasteiger partial charge in [-0.15, -0.1) is 0 Å². The fraction of sp³-hybridized carbons (Fsp3) is 0.355. The molecule has 0 aromatic heterocycles. The van der Waals surface area contributed by atoms with Crippen LogP contribution < -0.4 is 10.1 Å². The lowest BCUT2D eigenvalue weighted by molar-refractivity contribution is -0.143. The van der Waals surface area contributed by atoms with E-state index in [-0.39, 0.29) is 24.5 Å². The van der Waals surface area contributed by atoms with Gasteiger partial charge in [-0.2, -0.15) is 0 Å². The number of rotatable bonds is 10. The molecule has 194 valence electrons. The second-order valence-corrected chi connectivity index (χ2v) is 10.2. The smallest absolute Gasteiger partial charge is 0.261 e. The number of hydrogen-bond acceptors (Lipinski definition) is 3. The highest BCUT2D eigenvalue weighted by Gasteiger charge is 2.32. The van der Waals surface area contributed by atoms with Crippen molar-refractivity contribution in [3.05, 3.63) is 101 Å². The van der Waals surface area contributed by atoms with Crippen molar-refractivity contribution < 1.29 is 14.3 Å². The zero-order chi connectivity index (χ0) is 26.0. The Morgan fingerprint density at radius 2 is 1.68 bits per heavy atom. The second kappa shape index (κ2) is 13.3. The molecule has 4 rings (SSSR count). The van der Waals surface area contributed by atoms with Crippen LogP contribution in [0.3, 0.4) is 0 Å². The Kier molecular flexibility index (Phi) is 9.61. The molecule has 1 aliphatic rings. The summed E-state index contributed by atoms with van der Waals surface area (Å²) in [5, 5.41) is 3.80. The number of ether oxygens (including phenoxy) is 1. The van der Waals surface area contributed by atoms with Crippen LogP contribution in [0.4, 0.5) is 0 Å². The van der Waals surface area contributed by atoms with E-state index >= 15 is 0 Å². The minimum absolute atomic E-state index is 0.112. The molecular weight excluding hydrogens is 484 g/mol. The molecule has 2 amide bonds. The van der Waals surface area contributed by atoms with Crippen molar-refractivity contribution in [2.75, 3.05) is 6.61 Å². The Hall–Kier alpha value is -3.31. The van der Waals surface area contributed by atoms with Crippen molar-refractivity contribution >= 4 is 23.4 Å². The predicted octanol–water partition coefficient (Wildman–Crippen LogP) is 6.12. The molecule has 1 N–H and O–H groups in total. The number of amides is 2. The number of nitrogens with one attached hydrogen (secondary N) is 1. The van der Waals surface area contributed by atoms with E-state index in [0.29, 0.717) is 23.7 Å². The third kappa shape index (κ3) is 8.09. The highest BCUT2D eigenvalue weighted by atomic mass is 35.5. The van der Waals surface area contributed by atoms with E-state index in [4.69, 9.17) is 16.3 Å². The molecule has 0 heterocycles. The Morgan fingerprint density at radius 3 is 2.41 bits per heavy atom. The minimum atomic E-state index is -0.666. The van der Waals surface area contributed by atoms with Gasteiger partial charge in [0.05, 0.1) is 0 Å². The van der Waals surface area contributed by atoms with Crippen molar-refractivity contribution in [2.45, 2.75) is 64.1 Å². The number of nitrogens with zero attached hydrogens (tertiary/aromatic N) is 1. The van der Waals surface area contributed by atoms with Gasteiger partial charge >= 0.3 is 0 Å². The quantitative estimate of drug-likeness (QED) is 0.352. The number of benzene rings is 3. The standard InChI is InChI=1S/C31H35ClN2O3/c1-23-10-8-13-25(18-23)21-34(30(35)22-37-28-17-9-14-26(32)20-28)29(19-24-11-4-2-5-12-24)31(36)33-27-15-6-3-7-16-27/h2,4-5,8-14,17-18,20,27,29H,3,6-7,15-16,19,21-22H2,1H3,(H,33,36)/t29-/m1/s1. The molecule has 0 radical (unpaired) electrons. The summed E-state index contributed by atoms with van der Waals surface area (Å²) in [7, 11) is 0. The van der Waals surface area contributed by atoms with E-state index in [0.717, 1.165) is 42.4 Å². The first-order valence-electron chi connectivity index (χ1n) is 13.1. The van der Waals surface area contributed by atoms with Crippen LogP contribution in [0.1, 0.15) is 48.8 Å². The Balaban J connectivity index is 1.61. The van der Waals surface area contributed by atoms with E-state index in [2.05, 4.69) is 11.4 Å². The van der Waals surface area contributed by atoms with E-state index in [1.807, 2.05) is 55.5 Å². The summed E-state index contributed by atoms with van der Waals surface area (Å²) in [6.45, 7) is 2.15. The summed E-state index contributed by atoms with van der Waals surface area (Å²) in [5.74, 6) is 0.156. The number of aryl methyl sites for hydroxylation is 1. The average molecular weight is 519 g/mol. The van der Waals surface area contributed by atoms with Gasteiger partial charge in [0.25, 0.3) is 5.91 Å². The summed E-state index contributed by atoms with van der Waals surface area (Å²) in [4.78, 5) is 29.2. The fourth-order valence-corrected chi connectivity index (χ4v) is 5.07. The molecule has 3 aromatic rings. The number of halogens is 1. The largest absolute Gasteiger partial charge is 0.484 e. The molecule has 1 aliphatic carbocycles. The molecule has 1 fully saturated rings. The Labute approximate surface area is 224 Å². The topological polar surface area (TPSA) is 58.6 Å². The molecule has 0 aliphatic heterocycles. The fourth-order valence-electron chi connectivity index (χ4n) is 4.89. The van der Waals surface area contributed by atoms with Gasteiger partial charge in [-0.1, -0.05) is 97.1 Å². The van der Waals surface area contributed by atoms with E-state index in [1.165, 1.54) is 6.42 Å². The van der Waals surface area contributed by atoms with Gasteiger partial charge in [0.15, 0.2) is 6.61 Å². The van der Waals surface area contributed by atoms with Gasteiger partial charge in [-0.3, -0.25) is 9.59 Å². The molecule has 5 nitrogen and oxygen atoms in total.